The molecule has 1 amide bonds. The van der Waals surface area contributed by atoms with Crippen LogP contribution in [0.3, 0.4) is 0 Å². The Kier molecular flexibility index (Phi) is 7.11. The molecule has 8 heteroatoms. The van der Waals surface area contributed by atoms with E-state index in [9.17, 15) is 18.0 Å². The van der Waals surface area contributed by atoms with Crippen LogP contribution in [0, 0.1) is 0 Å². The maximum atomic E-state index is 12.2. The third-order valence-electron chi connectivity index (χ3n) is 4.74. The van der Waals surface area contributed by atoms with E-state index in [0.717, 1.165) is 32.7 Å². The van der Waals surface area contributed by atoms with Crippen LogP contribution in [-0.4, -0.2) is 54.8 Å². The molecule has 1 heterocycles. The summed E-state index contributed by atoms with van der Waals surface area (Å²) in [6.45, 7) is 5.31. The average Bonchev–Trinajstić information content (AvgIpc) is 2.69. The van der Waals surface area contributed by atoms with Crippen molar-refractivity contribution in [3.05, 3.63) is 60.2 Å². The summed E-state index contributed by atoms with van der Waals surface area (Å²) in [6.07, 6.45) is -4.39. The summed E-state index contributed by atoms with van der Waals surface area (Å²) in [5, 5.41) is 2.70. The van der Waals surface area contributed by atoms with Crippen LogP contribution in [0.25, 0.3) is 0 Å². The first-order valence-corrected chi connectivity index (χ1v) is 9.52. The lowest BCUT2D eigenvalue weighted by atomic mass is 10.2. The number of halogens is 3. The van der Waals surface area contributed by atoms with Gasteiger partial charge in [0.25, 0.3) is 0 Å². The molecule has 156 valence electrons. The first kappa shape index (κ1) is 21.1. The van der Waals surface area contributed by atoms with Crippen molar-refractivity contribution in [3.8, 4) is 5.75 Å². The molecule has 2 aromatic rings. The highest BCUT2D eigenvalue weighted by Gasteiger charge is 2.31. The first-order chi connectivity index (χ1) is 13.9. The van der Waals surface area contributed by atoms with Crippen molar-refractivity contribution in [1.82, 2.24) is 9.80 Å². The van der Waals surface area contributed by atoms with E-state index in [1.165, 1.54) is 29.8 Å². The van der Waals surface area contributed by atoms with Gasteiger partial charge in [-0.1, -0.05) is 30.3 Å². The Bertz CT molecular complexity index is 774. The van der Waals surface area contributed by atoms with Crippen LogP contribution in [0.5, 0.6) is 5.75 Å². The van der Waals surface area contributed by atoms with Crippen LogP contribution in [0.2, 0.25) is 0 Å². The van der Waals surface area contributed by atoms with Gasteiger partial charge in [-0.2, -0.15) is 0 Å². The summed E-state index contributed by atoms with van der Waals surface area (Å²) in [7, 11) is 0. The topological polar surface area (TPSA) is 44.8 Å². The molecular formula is C21H24F3N3O2. The summed E-state index contributed by atoms with van der Waals surface area (Å²) < 4.78 is 40.3. The molecule has 0 aromatic heterocycles. The van der Waals surface area contributed by atoms with E-state index < -0.39 is 6.36 Å². The summed E-state index contributed by atoms with van der Waals surface area (Å²) in [5.74, 6) is -0.481. The van der Waals surface area contributed by atoms with Gasteiger partial charge < -0.3 is 15.0 Å². The third-order valence-corrected chi connectivity index (χ3v) is 4.74. The number of alkyl halides is 3. The van der Waals surface area contributed by atoms with Crippen molar-refractivity contribution in [2.24, 2.45) is 0 Å². The predicted molar refractivity (Wildman–Crippen MR) is 105 cm³/mol. The Labute approximate surface area is 168 Å². The third kappa shape index (κ3) is 7.40. The summed E-state index contributed by atoms with van der Waals surface area (Å²) in [4.78, 5) is 16.8. The Balaban J connectivity index is 1.36. The average molecular weight is 407 g/mol. The van der Waals surface area contributed by atoms with Crippen LogP contribution in [0.1, 0.15) is 12.0 Å². The highest BCUT2D eigenvalue weighted by Crippen LogP contribution is 2.24. The molecule has 2 aromatic carbocycles. The molecule has 0 unspecified atom stereocenters. The molecular weight excluding hydrogens is 383 g/mol. The first-order valence-electron chi connectivity index (χ1n) is 9.52. The molecule has 0 radical (unpaired) electrons. The molecule has 1 aliphatic rings. The van der Waals surface area contributed by atoms with Gasteiger partial charge in [-0.25, -0.2) is 0 Å². The molecule has 1 N–H and O–H groups in total. The number of carbonyl (C=O) groups is 1. The number of nitrogens with zero attached hydrogens (tertiary/aromatic N) is 2. The number of amides is 1. The van der Waals surface area contributed by atoms with Crippen molar-refractivity contribution in [3.63, 3.8) is 0 Å². The second kappa shape index (κ2) is 9.76. The maximum Gasteiger partial charge on any atom is 0.573 e. The van der Waals surface area contributed by atoms with Gasteiger partial charge in [0.1, 0.15) is 5.75 Å². The molecule has 1 fully saturated rings. The quantitative estimate of drug-likeness (QED) is 0.760. The van der Waals surface area contributed by atoms with Gasteiger partial charge in [-0.15, -0.1) is 13.2 Å². The van der Waals surface area contributed by atoms with Gasteiger partial charge in [0, 0.05) is 51.4 Å². The fourth-order valence-electron chi connectivity index (χ4n) is 3.24. The largest absolute Gasteiger partial charge is 0.573 e. The number of rotatable bonds is 7. The van der Waals surface area contributed by atoms with Crippen LogP contribution >= 0.6 is 0 Å². The molecule has 0 saturated carbocycles. The fourth-order valence-corrected chi connectivity index (χ4v) is 3.24. The van der Waals surface area contributed by atoms with Gasteiger partial charge in [0.15, 0.2) is 0 Å². The minimum atomic E-state index is -4.73. The maximum absolute atomic E-state index is 12.2. The SMILES string of the molecule is O=C(CCN1CCN(Cc2ccccc2)CC1)Nc1ccc(OC(F)(F)F)cc1. The van der Waals surface area contributed by atoms with Crippen molar-refractivity contribution in [2.45, 2.75) is 19.3 Å². The van der Waals surface area contributed by atoms with E-state index in [1.807, 2.05) is 18.2 Å². The predicted octanol–water partition coefficient (Wildman–Crippen LogP) is 3.73. The summed E-state index contributed by atoms with van der Waals surface area (Å²) in [6, 6.07) is 15.5. The van der Waals surface area contributed by atoms with E-state index in [-0.39, 0.29) is 11.7 Å². The number of anilines is 1. The van der Waals surface area contributed by atoms with Crippen LogP contribution in [0.15, 0.2) is 54.6 Å². The van der Waals surface area contributed by atoms with E-state index in [0.29, 0.717) is 18.7 Å². The second-order valence-corrected chi connectivity index (χ2v) is 6.97. The lowest BCUT2D eigenvalue weighted by molar-refractivity contribution is -0.274. The Morgan fingerprint density at radius 1 is 0.931 bits per heavy atom. The molecule has 0 aliphatic carbocycles. The standard InChI is InChI=1S/C21H24F3N3O2/c22-21(23,24)29-19-8-6-18(7-9-19)25-20(28)10-11-26-12-14-27(15-13-26)16-17-4-2-1-3-5-17/h1-9H,10-16H2,(H,25,28). The van der Waals surface area contributed by atoms with Crippen molar-refractivity contribution < 1.29 is 22.7 Å². The number of nitrogens with one attached hydrogen (secondary N) is 1. The molecule has 1 aliphatic heterocycles. The van der Waals surface area contributed by atoms with Gasteiger partial charge >= 0.3 is 6.36 Å². The monoisotopic (exact) mass is 407 g/mol. The normalized spacial score (nSPS) is 15.8. The minimum absolute atomic E-state index is 0.166. The molecule has 0 bridgehead atoms. The van der Waals surface area contributed by atoms with E-state index >= 15 is 0 Å². The highest BCUT2D eigenvalue weighted by molar-refractivity contribution is 5.90. The Morgan fingerprint density at radius 3 is 2.17 bits per heavy atom. The molecule has 3 rings (SSSR count). The van der Waals surface area contributed by atoms with E-state index in [4.69, 9.17) is 0 Å². The Hall–Kier alpha value is -2.58. The molecule has 0 spiro atoms. The molecule has 1 saturated heterocycles. The van der Waals surface area contributed by atoms with Crippen molar-refractivity contribution >= 4 is 11.6 Å². The number of hydrogen-bond donors (Lipinski definition) is 1. The zero-order valence-electron chi connectivity index (χ0n) is 16.0. The molecule has 0 atom stereocenters. The summed E-state index contributed by atoms with van der Waals surface area (Å²) >= 11 is 0. The number of piperazine rings is 1. The minimum Gasteiger partial charge on any atom is -0.406 e. The number of hydrogen-bond acceptors (Lipinski definition) is 4. The second-order valence-electron chi connectivity index (χ2n) is 6.97. The van der Waals surface area contributed by atoms with Gasteiger partial charge in [0.2, 0.25) is 5.91 Å². The summed E-state index contributed by atoms with van der Waals surface area (Å²) in [5.41, 5.74) is 1.74. The number of benzene rings is 2. The number of carbonyl (C=O) groups excluding carboxylic acids is 1. The fraction of sp³-hybridized carbons (Fsp3) is 0.381. The Morgan fingerprint density at radius 2 is 1.55 bits per heavy atom. The van der Waals surface area contributed by atoms with Gasteiger partial charge in [-0.3, -0.25) is 9.69 Å². The molecule has 29 heavy (non-hydrogen) atoms. The highest BCUT2D eigenvalue weighted by atomic mass is 19.4. The smallest absolute Gasteiger partial charge is 0.406 e. The number of ether oxygens (including phenoxy) is 1. The van der Waals surface area contributed by atoms with Gasteiger partial charge in [-0.05, 0) is 29.8 Å². The lowest BCUT2D eigenvalue weighted by Gasteiger charge is -2.34. The van der Waals surface area contributed by atoms with E-state index in [2.05, 4.69) is 32.0 Å². The van der Waals surface area contributed by atoms with Gasteiger partial charge in [0.05, 0.1) is 0 Å². The lowest BCUT2D eigenvalue weighted by Crippen LogP contribution is -2.46. The van der Waals surface area contributed by atoms with Crippen LogP contribution in [-0.2, 0) is 11.3 Å². The van der Waals surface area contributed by atoms with Crippen LogP contribution in [0.4, 0.5) is 18.9 Å². The molecule has 5 nitrogen and oxygen atoms in total. The zero-order valence-corrected chi connectivity index (χ0v) is 16.0. The van der Waals surface area contributed by atoms with Crippen molar-refractivity contribution in [1.29, 1.82) is 0 Å². The van der Waals surface area contributed by atoms with Crippen LogP contribution < -0.4 is 10.1 Å². The zero-order chi connectivity index (χ0) is 20.7. The van der Waals surface area contributed by atoms with Crippen molar-refractivity contribution in [2.75, 3.05) is 38.0 Å². The van der Waals surface area contributed by atoms with E-state index in [1.54, 1.807) is 0 Å².